The second-order valence-corrected chi connectivity index (χ2v) is 9.85. The molecular formula is C26H28N2O3S. The standard InChI is InChI=1S/C26H28N2O3S/c1-2-25(21-16-15-19-9-6-7-10-20(19)17-21)27-26(29)22-11-8-12-23(18-22)28-32(30,31)24-13-4-3-5-14-24/h3-5,8,11-18,25,28H,2,6-7,9-10H2,1H3,(H,27,29)/t25-/m1/s1. The van der Waals surface area contributed by atoms with Crippen molar-refractivity contribution < 1.29 is 13.2 Å². The van der Waals surface area contributed by atoms with Crippen LogP contribution in [0.3, 0.4) is 0 Å². The fourth-order valence-corrected chi connectivity index (χ4v) is 5.24. The first-order chi connectivity index (χ1) is 15.5. The molecule has 166 valence electrons. The fraction of sp³-hybridized carbons (Fsp3) is 0.269. The molecule has 0 spiro atoms. The number of rotatable bonds is 7. The molecule has 0 fully saturated rings. The molecule has 4 rings (SSSR count). The molecule has 0 saturated carbocycles. The molecule has 3 aromatic rings. The van der Waals surface area contributed by atoms with Crippen LogP contribution in [-0.2, 0) is 22.9 Å². The topological polar surface area (TPSA) is 75.3 Å². The fourth-order valence-electron chi connectivity index (χ4n) is 4.17. The van der Waals surface area contributed by atoms with Gasteiger partial charge in [0, 0.05) is 11.3 Å². The Hall–Kier alpha value is -3.12. The van der Waals surface area contributed by atoms with Crippen LogP contribution >= 0.6 is 0 Å². The Labute approximate surface area is 189 Å². The van der Waals surface area contributed by atoms with E-state index in [0.717, 1.165) is 24.8 Å². The van der Waals surface area contributed by atoms with Gasteiger partial charge < -0.3 is 5.32 Å². The Morgan fingerprint density at radius 3 is 2.41 bits per heavy atom. The van der Waals surface area contributed by atoms with Crippen molar-refractivity contribution in [2.45, 2.75) is 50.0 Å². The Kier molecular flexibility index (Phi) is 6.61. The lowest BCUT2D eigenvalue weighted by Crippen LogP contribution is -2.28. The summed E-state index contributed by atoms with van der Waals surface area (Å²) in [6, 6.07) is 21.2. The van der Waals surface area contributed by atoms with Gasteiger partial charge >= 0.3 is 0 Å². The maximum atomic E-state index is 13.0. The first-order valence-corrected chi connectivity index (χ1v) is 12.5. The van der Waals surface area contributed by atoms with Crippen molar-refractivity contribution in [1.82, 2.24) is 5.32 Å². The van der Waals surface area contributed by atoms with Gasteiger partial charge in [-0.25, -0.2) is 8.42 Å². The second kappa shape index (κ2) is 9.57. The van der Waals surface area contributed by atoms with Gasteiger partial charge in [0.1, 0.15) is 0 Å². The first kappa shape index (κ1) is 22.1. The molecule has 0 aromatic heterocycles. The highest BCUT2D eigenvalue weighted by Gasteiger charge is 2.18. The van der Waals surface area contributed by atoms with E-state index in [1.165, 1.54) is 36.1 Å². The predicted molar refractivity (Wildman–Crippen MR) is 127 cm³/mol. The highest BCUT2D eigenvalue weighted by molar-refractivity contribution is 7.92. The number of benzene rings is 3. The van der Waals surface area contributed by atoms with E-state index < -0.39 is 10.0 Å². The lowest BCUT2D eigenvalue weighted by molar-refractivity contribution is 0.0935. The molecular weight excluding hydrogens is 420 g/mol. The van der Waals surface area contributed by atoms with E-state index in [1.54, 1.807) is 42.5 Å². The summed E-state index contributed by atoms with van der Waals surface area (Å²) in [6.45, 7) is 2.05. The number of hydrogen-bond donors (Lipinski definition) is 2. The molecule has 3 aromatic carbocycles. The molecule has 0 heterocycles. The molecule has 5 nitrogen and oxygen atoms in total. The molecule has 1 atom stereocenters. The predicted octanol–water partition coefficient (Wildman–Crippen LogP) is 5.25. The number of sulfonamides is 1. The average Bonchev–Trinajstić information content (AvgIpc) is 2.82. The number of carbonyl (C=O) groups is 1. The normalized spacial score (nSPS) is 14.3. The zero-order chi connectivity index (χ0) is 22.6. The van der Waals surface area contributed by atoms with E-state index in [2.05, 4.69) is 35.2 Å². The molecule has 0 unspecified atom stereocenters. The van der Waals surface area contributed by atoms with Gasteiger partial charge in [-0.1, -0.05) is 49.4 Å². The number of aryl methyl sites for hydroxylation is 2. The van der Waals surface area contributed by atoms with E-state index in [-0.39, 0.29) is 16.8 Å². The van der Waals surface area contributed by atoms with Crippen molar-refractivity contribution in [1.29, 1.82) is 0 Å². The summed E-state index contributed by atoms with van der Waals surface area (Å²) in [5.41, 5.74) is 4.68. The quantitative estimate of drug-likeness (QED) is 0.519. The van der Waals surface area contributed by atoms with E-state index in [9.17, 15) is 13.2 Å². The Balaban J connectivity index is 1.50. The van der Waals surface area contributed by atoms with E-state index in [4.69, 9.17) is 0 Å². The summed E-state index contributed by atoms with van der Waals surface area (Å²) < 4.78 is 27.8. The lowest BCUT2D eigenvalue weighted by Gasteiger charge is -2.22. The zero-order valence-corrected chi connectivity index (χ0v) is 19.0. The molecule has 0 aliphatic heterocycles. The highest BCUT2D eigenvalue weighted by Crippen LogP contribution is 2.26. The van der Waals surface area contributed by atoms with Crippen molar-refractivity contribution >= 4 is 21.6 Å². The van der Waals surface area contributed by atoms with Crippen LogP contribution in [0.15, 0.2) is 77.7 Å². The number of nitrogens with one attached hydrogen (secondary N) is 2. The number of carbonyl (C=O) groups excluding carboxylic acids is 1. The van der Waals surface area contributed by atoms with Crippen molar-refractivity contribution in [2.75, 3.05) is 4.72 Å². The summed E-state index contributed by atoms with van der Waals surface area (Å²) >= 11 is 0. The van der Waals surface area contributed by atoms with Crippen molar-refractivity contribution in [2.24, 2.45) is 0 Å². The Morgan fingerprint density at radius 1 is 0.906 bits per heavy atom. The van der Waals surface area contributed by atoms with Crippen LogP contribution in [0.4, 0.5) is 5.69 Å². The third-order valence-corrected chi connectivity index (χ3v) is 7.32. The minimum Gasteiger partial charge on any atom is -0.345 e. The summed E-state index contributed by atoms with van der Waals surface area (Å²) in [4.78, 5) is 13.1. The van der Waals surface area contributed by atoms with Gasteiger partial charge in [-0.05, 0) is 79.1 Å². The molecule has 0 bridgehead atoms. The molecule has 2 N–H and O–H groups in total. The van der Waals surface area contributed by atoms with E-state index in [0.29, 0.717) is 11.3 Å². The van der Waals surface area contributed by atoms with Crippen LogP contribution in [0, 0.1) is 0 Å². The monoisotopic (exact) mass is 448 g/mol. The maximum absolute atomic E-state index is 13.0. The van der Waals surface area contributed by atoms with E-state index in [1.807, 2.05) is 0 Å². The molecule has 32 heavy (non-hydrogen) atoms. The second-order valence-electron chi connectivity index (χ2n) is 8.17. The zero-order valence-electron chi connectivity index (χ0n) is 18.2. The van der Waals surface area contributed by atoms with Crippen molar-refractivity contribution in [3.63, 3.8) is 0 Å². The van der Waals surface area contributed by atoms with Crippen LogP contribution < -0.4 is 10.0 Å². The largest absolute Gasteiger partial charge is 0.345 e. The SMILES string of the molecule is CC[C@@H](NC(=O)c1cccc(NS(=O)(=O)c2ccccc2)c1)c1ccc2c(c1)CCCC2. The number of hydrogen-bond acceptors (Lipinski definition) is 3. The summed E-state index contributed by atoms with van der Waals surface area (Å²) in [7, 11) is -3.72. The lowest BCUT2D eigenvalue weighted by atomic mass is 9.88. The van der Waals surface area contributed by atoms with Crippen LogP contribution in [0.5, 0.6) is 0 Å². The average molecular weight is 449 g/mol. The van der Waals surface area contributed by atoms with Crippen molar-refractivity contribution in [3.8, 4) is 0 Å². The van der Waals surface area contributed by atoms with E-state index >= 15 is 0 Å². The van der Waals surface area contributed by atoms with Gasteiger partial charge in [-0.3, -0.25) is 9.52 Å². The van der Waals surface area contributed by atoms with Gasteiger partial charge in [-0.15, -0.1) is 0 Å². The number of fused-ring (bicyclic) bond motifs is 1. The molecule has 1 aliphatic carbocycles. The highest BCUT2D eigenvalue weighted by atomic mass is 32.2. The molecule has 6 heteroatoms. The molecule has 0 saturated heterocycles. The van der Waals surface area contributed by atoms with Crippen LogP contribution in [-0.4, -0.2) is 14.3 Å². The smallest absolute Gasteiger partial charge is 0.261 e. The van der Waals surface area contributed by atoms with Gasteiger partial charge in [0.05, 0.1) is 10.9 Å². The van der Waals surface area contributed by atoms with Gasteiger partial charge in [0.25, 0.3) is 15.9 Å². The number of anilines is 1. The summed E-state index contributed by atoms with van der Waals surface area (Å²) in [5, 5.41) is 3.11. The minimum atomic E-state index is -3.72. The Bertz CT molecular complexity index is 1210. The number of amides is 1. The van der Waals surface area contributed by atoms with Gasteiger partial charge in [0.2, 0.25) is 0 Å². The van der Waals surface area contributed by atoms with Crippen LogP contribution in [0.2, 0.25) is 0 Å². The summed E-state index contributed by atoms with van der Waals surface area (Å²) in [5.74, 6) is -0.227. The van der Waals surface area contributed by atoms with Gasteiger partial charge in [-0.2, -0.15) is 0 Å². The molecule has 0 radical (unpaired) electrons. The van der Waals surface area contributed by atoms with Crippen LogP contribution in [0.25, 0.3) is 0 Å². The van der Waals surface area contributed by atoms with Gasteiger partial charge in [0.15, 0.2) is 0 Å². The summed E-state index contributed by atoms with van der Waals surface area (Å²) in [6.07, 6.45) is 5.45. The third-order valence-electron chi connectivity index (χ3n) is 5.92. The maximum Gasteiger partial charge on any atom is 0.261 e. The third kappa shape index (κ3) is 5.02. The van der Waals surface area contributed by atoms with Crippen molar-refractivity contribution in [3.05, 3.63) is 95.1 Å². The first-order valence-electron chi connectivity index (χ1n) is 11.1. The minimum absolute atomic E-state index is 0.0978. The molecule has 1 aliphatic rings. The molecule has 1 amide bonds. The van der Waals surface area contributed by atoms with Crippen LogP contribution in [0.1, 0.15) is 59.3 Å². The Morgan fingerprint density at radius 2 is 1.66 bits per heavy atom.